The first-order valence-corrected chi connectivity index (χ1v) is 7.07. The lowest BCUT2D eigenvalue weighted by Gasteiger charge is -2.13. The summed E-state index contributed by atoms with van der Waals surface area (Å²) >= 11 is 0. The van der Waals surface area contributed by atoms with Gasteiger partial charge in [0.05, 0.1) is 11.8 Å². The first kappa shape index (κ1) is 17.7. The molecule has 1 aromatic rings. The molecule has 0 spiro atoms. The predicted octanol–water partition coefficient (Wildman–Crippen LogP) is 2.37. The highest BCUT2D eigenvalue weighted by Crippen LogP contribution is 2.20. The number of rotatable bonds is 9. The molecule has 2 unspecified atom stereocenters. The van der Waals surface area contributed by atoms with Crippen molar-refractivity contribution in [1.82, 2.24) is 0 Å². The van der Waals surface area contributed by atoms with Crippen molar-refractivity contribution in [2.75, 3.05) is 0 Å². The Balaban J connectivity index is 2.67. The molecule has 2 atom stereocenters. The summed E-state index contributed by atoms with van der Waals surface area (Å²) in [5.41, 5.74) is 1.46. The molecule has 120 valence electrons. The maximum Gasteiger partial charge on any atom is 0.310 e. The molecule has 0 aliphatic rings. The van der Waals surface area contributed by atoms with Crippen LogP contribution in [0, 0.1) is 5.92 Å². The summed E-state index contributed by atoms with van der Waals surface area (Å²) < 4.78 is 0. The summed E-state index contributed by atoms with van der Waals surface area (Å²) in [6.07, 6.45) is 0.880. The molecular weight excluding hydrogens is 288 g/mol. The number of aliphatic carboxylic acids is 3. The van der Waals surface area contributed by atoms with Gasteiger partial charge in [0.15, 0.2) is 0 Å². The normalized spacial score (nSPS) is 13.3. The smallest absolute Gasteiger partial charge is 0.310 e. The number of hydrogen-bond donors (Lipinski definition) is 3. The molecule has 1 aromatic carbocycles. The van der Waals surface area contributed by atoms with Gasteiger partial charge in [-0.1, -0.05) is 24.3 Å². The summed E-state index contributed by atoms with van der Waals surface area (Å²) in [4.78, 5) is 32.6. The standard InChI is InChI=1S/C16H20O6/c1-10(15(19)20)12-7-5-11(6-8-12)9-13(16(21)22)3-2-4-14(17)18/h5-8,10,13H,2-4,9H2,1H3,(H,17,18)(H,19,20)(H,21,22). The summed E-state index contributed by atoms with van der Waals surface area (Å²) in [6, 6.07) is 6.82. The Hall–Kier alpha value is -2.37. The average molecular weight is 308 g/mol. The molecular formula is C16H20O6. The second-order valence-corrected chi connectivity index (χ2v) is 5.33. The molecule has 6 nitrogen and oxygen atoms in total. The predicted molar refractivity (Wildman–Crippen MR) is 78.8 cm³/mol. The van der Waals surface area contributed by atoms with Crippen molar-refractivity contribution >= 4 is 17.9 Å². The van der Waals surface area contributed by atoms with Crippen LogP contribution < -0.4 is 0 Å². The van der Waals surface area contributed by atoms with Gasteiger partial charge in [-0.25, -0.2) is 0 Å². The molecule has 0 aromatic heterocycles. The van der Waals surface area contributed by atoms with Crippen LogP contribution >= 0.6 is 0 Å². The minimum atomic E-state index is -0.951. The van der Waals surface area contributed by atoms with Crippen molar-refractivity contribution in [3.8, 4) is 0 Å². The van der Waals surface area contributed by atoms with Gasteiger partial charge in [0.25, 0.3) is 0 Å². The van der Waals surface area contributed by atoms with Crippen LogP contribution in [0.5, 0.6) is 0 Å². The second kappa shape index (κ2) is 8.17. The van der Waals surface area contributed by atoms with E-state index in [-0.39, 0.29) is 6.42 Å². The van der Waals surface area contributed by atoms with Gasteiger partial charge >= 0.3 is 17.9 Å². The summed E-state index contributed by atoms with van der Waals surface area (Å²) in [6.45, 7) is 1.59. The van der Waals surface area contributed by atoms with Crippen molar-refractivity contribution in [2.24, 2.45) is 5.92 Å². The SMILES string of the molecule is CC(C(=O)O)c1ccc(CC(CCCC(=O)O)C(=O)O)cc1. The molecule has 22 heavy (non-hydrogen) atoms. The van der Waals surface area contributed by atoms with E-state index in [1.165, 1.54) is 0 Å². The zero-order chi connectivity index (χ0) is 16.7. The number of hydrogen-bond acceptors (Lipinski definition) is 3. The van der Waals surface area contributed by atoms with Gasteiger partial charge < -0.3 is 15.3 Å². The molecule has 0 aliphatic heterocycles. The Kier molecular flexibility index (Phi) is 6.56. The van der Waals surface area contributed by atoms with Gasteiger partial charge in [0.1, 0.15) is 0 Å². The minimum Gasteiger partial charge on any atom is -0.481 e. The Morgan fingerprint density at radius 2 is 1.59 bits per heavy atom. The van der Waals surface area contributed by atoms with Crippen molar-refractivity contribution in [3.63, 3.8) is 0 Å². The first-order valence-electron chi connectivity index (χ1n) is 7.07. The van der Waals surface area contributed by atoms with Crippen LogP contribution in [0.4, 0.5) is 0 Å². The van der Waals surface area contributed by atoms with Crippen LogP contribution in [-0.2, 0) is 20.8 Å². The fourth-order valence-corrected chi connectivity index (χ4v) is 2.18. The fraction of sp³-hybridized carbons (Fsp3) is 0.438. The van der Waals surface area contributed by atoms with Crippen LogP contribution in [0.2, 0.25) is 0 Å². The topological polar surface area (TPSA) is 112 Å². The van der Waals surface area contributed by atoms with Crippen molar-refractivity contribution < 1.29 is 29.7 Å². The van der Waals surface area contributed by atoms with Gasteiger partial charge in [-0.2, -0.15) is 0 Å². The monoisotopic (exact) mass is 308 g/mol. The molecule has 0 saturated carbocycles. The van der Waals surface area contributed by atoms with Gasteiger partial charge in [-0.05, 0) is 37.3 Å². The lowest BCUT2D eigenvalue weighted by Crippen LogP contribution is -2.17. The van der Waals surface area contributed by atoms with Crippen molar-refractivity contribution in [1.29, 1.82) is 0 Å². The Bertz CT molecular complexity index is 534. The van der Waals surface area contributed by atoms with Gasteiger partial charge in [-0.15, -0.1) is 0 Å². The highest BCUT2D eigenvalue weighted by Gasteiger charge is 2.19. The quantitative estimate of drug-likeness (QED) is 0.645. The van der Waals surface area contributed by atoms with E-state index in [0.717, 1.165) is 5.56 Å². The lowest BCUT2D eigenvalue weighted by atomic mass is 9.92. The first-order chi connectivity index (χ1) is 10.3. The molecule has 0 fully saturated rings. The maximum atomic E-state index is 11.2. The van der Waals surface area contributed by atoms with E-state index < -0.39 is 29.7 Å². The number of carboxylic acids is 3. The third-order valence-corrected chi connectivity index (χ3v) is 3.62. The molecule has 0 saturated heterocycles. The largest absolute Gasteiger partial charge is 0.481 e. The van der Waals surface area contributed by atoms with E-state index in [0.29, 0.717) is 24.8 Å². The highest BCUT2D eigenvalue weighted by atomic mass is 16.4. The van der Waals surface area contributed by atoms with Crippen LogP contribution in [-0.4, -0.2) is 33.2 Å². The van der Waals surface area contributed by atoms with E-state index in [9.17, 15) is 19.5 Å². The highest BCUT2D eigenvalue weighted by molar-refractivity contribution is 5.75. The fourth-order valence-electron chi connectivity index (χ4n) is 2.18. The minimum absolute atomic E-state index is 0.0428. The molecule has 0 aliphatic carbocycles. The second-order valence-electron chi connectivity index (χ2n) is 5.33. The van der Waals surface area contributed by atoms with Crippen LogP contribution in [0.15, 0.2) is 24.3 Å². The third-order valence-electron chi connectivity index (χ3n) is 3.62. The summed E-state index contributed by atoms with van der Waals surface area (Å²) in [7, 11) is 0. The van der Waals surface area contributed by atoms with Gasteiger partial charge in [0.2, 0.25) is 0 Å². The van der Waals surface area contributed by atoms with Crippen molar-refractivity contribution in [3.05, 3.63) is 35.4 Å². The molecule has 3 N–H and O–H groups in total. The van der Waals surface area contributed by atoms with Crippen LogP contribution in [0.1, 0.15) is 43.2 Å². The molecule has 0 radical (unpaired) electrons. The van der Waals surface area contributed by atoms with E-state index in [1.54, 1.807) is 31.2 Å². The van der Waals surface area contributed by atoms with E-state index in [2.05, 4.69) is 0 Å². The number of carboxylic acid groups (broad SMARTS) is 3. The average Bonchev–Trinajstić information content (AvgIpc) is 2.45. The Morgan fingerprint density at radius 1 is 1.00 bits per heavy atom. The number of benzene rings is 1. The zero-order valence-electron chi connectivity index (χ0n) is 12.4. The Morgan fingerprint density at radius 3 is 2.05 bits per heavy atom. The molecule has 6 heteroatoms. The molecule has 1 rings (SSSR count). The van der Waals surface area contributed by atoms with Gasteiger partial charge in [-0.3, -0.25) is 14.4 Å². The van der Waals surface area contributed by atoms with E-state index in [1.807, 2.05) is 0 Å². The summed E-state index contributed by atoms with van der Waals surface area (Å²) in [5.74, 6) is -4.05. The van der Waals surface area contributed by atoms with Gasteiger partial charge in [0, 0.05) is 6.42 Å². The Labute approximate surface area is 128 Å². The van der Waals surface area contributed by atoms with E-state index >= 15 is 0 Å². The maximum absolute atomic E-state index is 11.2. The third kappa shape index (κ3) is 5.55. The lowest BCUT2D eigenvalue weighted by molar-refractivity contribution is -0.143. The zero-order valence-corrected chi connectivity index (χ0v) is 12.4. The summed E-state index contributed by atoms with van der Waals surface area (Å²) in [5, 5.41) is 26.7. The molecule has 0 amide bonds. The molecule has 0 bridgehead atoms. The van der Waals surface area contributed by atoms with Crippen molar-refractivity contribution in [2.45, 2.75) is 38.5 Å². The van der Waals surface area contributed by atoms with Crippen LogP contribution in [0.25, 0.3) is 0 Å². The van der Waals surface area contributed by atoms with E-state index in [4.69, 9.17) is 10.2 Å². The van der Waals surface area contributed by atoms with Crippen LogP contribution in [0.3, 0.4) is 0 Å². The molecule has 0 heterocycles. The number of carbonyl (C=O) groups is 3.